The molecule has 1 aliphatic heterocycles. The van der Waals surface area contributed by atoms with Crippen LogP contribution in [-0.2, 0) is 4.79 Å². The molecule has 1 fully saturated rings. The zero-order valence-corrected chi connectivity index (χ0v) is 16.3. The lowest BCUT2D eigenvalue weighted by molar-refractivity contribution is -0.121. The second kappa shape index (κ2) is 7.38. The van der Waals surface area contributed by atoms with Crippen molar-refractivity contribution in [2.75, 3.05) is 11.9 Å². The third kappa shape index (κ3) is 3.04. The molecule has 1 spiro atoms. The number of nitrogens with zero attached hydrogens (tertiary/aromatic N) is 3. The summed E-state index contributed by atoms with van der Waals surface area (Å²) in [5.74, 6) is -0.398. The molecule has 2 amide bonds. The Labute approximate surface area is 163 Å². The van der Waals surface area contributed by atoms with Gasteiger partial charge in [-0.05, 0) is 30.9 Å². The zero-order valence-electron chi connectivity index (χ0n) is 15.5. The van der Waals surface area contributed by atoms with Gasteiger partial charge in [-0.25, -0.2) is 0 Å². The van der Waals surface area contributed by atoms with E-state index in [-0.39, 0.29) is 17.7 Å². The number of fused-ring (bicyclic) bond motifs is 1. The number of rotatable bonds is 5. The summed E-state index contributed by atoms with van der Waals surface area (Å²) in [7, 11) is 0. The molecule has 1 aromatic carbocycles. The van der Waals surface area contributed by atoms with Crippen LogP contribution in [-0.4, -0.2) is 39.0 Å². The molecule has 1 saturated carbocycles. The highest BCUT2D eigenvalue weighted by Gasteiger charge is 2.55. The minimum Gasteiger partial charge on any atom is -0.332 e. The first-order valence-electron chi connectivity index (χ1n) is 9.65. The Balaban J connectivity index is 1.80. The van der Waals surface area contributed by atoms with Crippen molar-refractivity contribution in [2.45, 2.75) is 56.9 Å². The van der Waals surface area contributed by atoms with Gasteiger partial charge in [0.05, 0.1) is 11.5 Å². The van der Waals surface area contributed by atoms with Gasteiger partial charge in [0.25, 0.3) is 5.91 Å². The predicted octanol–water partition coefficient (Wildman–Crippen LogP) is 3.83. The van der Waals surface area contributed by atoms with Gasteiger partial charge in [-0.15, -0.1) is 10.2 Å². The van der Waals surface area contributed by atoms with Crippen LogP contribution in [0.3, 0.4) is 0 Å². The van der Waals surface area contributed by atoms with Gasteiger partial charge in [-0.2, -0.15) is 0 Å². The van der Waals surface area contributed by atoms with Crippen molar-refractivity contribution in [3.05, 3.63) is 40.9 Å². The number of hydrogen-bond acceptors (Lipinski definition) is 5. The van der Waals surface area contributed by atoms with E-state index in [4.69, 9.17) is 0 Å². The molecule has 1 aliphatic carbocycles. The summed E-state index contributed by atoms with van der Waals surface area (Å²) < 4.78 is 0. The second-order valence-electron chi connectivity index (χ2n) is 7.37. The molecule has 1 atom stereocenters. The van der Waals surface area contributed by atoms with Crippen LogP contribution in [0, 0.1) is 0 Å². The number of nitrogens with one attached hydrogen (secondary N) is 1. The van der Waals surface area contributed by atoms with Crippen LogP contribution in [0.2, 0.25) is 0 Å². The van der Waals surface area contributed by atoms with Crippen LogP contribution in [0.15, 0.2) is 29.8 Å². The number of aromatic nitrogens is 2. The van der Waals surface area contributed by atoms with Crippen molar-refractivity contribution in [3.8, 4) is 0 Å². The van der Waals surface area contributed by atoms with E-state index in [0.717, 1.165) is 44.1 Å². The lowest BCUT2D eigenvalue weighted by Crippen LogP contribution is -2.60. The molecule has 27 heavy (non-hydrogen) atoms. The first-order valence-corrected chi connectivity index (χ1v) is 10.5. The fraction of sp³-hybridized carbons (Fsp3) is 0.500. The first kappa shape index (κ1) is 18.1. The Morgan fingerprint density at radius 1 is 1.33 bits per heavy atom. The number of hydrogen-bond donors (Lipinski definition) is 1. The largest absolute Gasteiger partial charge is 0.332 e. The van der Waals surface area contributed by atoms with E-state index < -0.39 is 5.54 Å². The standard InChI is InChI=1S/C20H24N4O2S/c1-2-3-12-24-18(26)15-9-5-4-8-14(15)16(20(24)10-6-7-11-20)17(25)22-19-23-21-13-27-19/h4-5,8-9,13,16H,2-3,6-7,10-12H2,1H3,(H,22,23,25)/t16-/m1/s1. The van der Waals surface area contributed by atoms with Crippen molar-refractivity contribution in [1.82, 2.24) is 15.1 Å². The maximum absolute atomic E-state index is 13.4. The number of carbonyl (C=O) groups is 2. The molecule has 1 aromatic heterocycles. The molecule has 2 heterocycles. The summed E-state index contributed by atoms with van der Waals surface area (Å²) in [6.07, 6.45) is 5.78. The van der Waals surface area contributed by atoms with E-state index in [1.54, 1.807) is 5.51 Å². The van der Waals surface area contributed by atoms with E-state index in [1.165, 1.54) is 11.3 Å². The van der Waals surface area contributed by atoms with E-state index in [2.05, 4.69) is 22.4 Å². The third-order valence-electron chi connectivity index (χ3n) is 5.88. The number of carbonyl (C=O) groups excluding carboxylic acids is 2. The number of unbranched alkanes of at least 4 members (excludes halogenated alkanes) is 1. The quantitative estimate of drug-likeness (QED) is 0.850. The van der Waals surface area contributed by atoms with Gasteiger partial charge in [0.1, 0.15) is 5.51 Å². The summed E-state index contributed by atoms with van der Waals surface area (Å²) in [5, 5.41) is 11.2. The summed E-state index contributed by atoms with van der Waals surface area (Å²) in [4.78, 5) is 28.8. The van der Waals surface area contributed by atoms with Crippen molar-refractivity contribution in [1.29, 1.82) is 0 Å². The first-order chi connectivity index (χ1) is 13.2. The highest BCUT2D eigenvalue weighted by molar-refractivity contribution is 7.13. The monoisotopic (exact) mass is 384 g/mol. The molecule has 2 aliphatic rings. The van der Waals surface area contributed by atoms with Crippen LogP contribution in [0.25, 0.3) is 0 Å². The SMILES string of the molecule is CCCCN1C(=O)c2ccccc2[C@H](C(=O)Nc2nncs2)C12CCCC2. The minimum absolute atomic E-state index is 0.0703. The second-order valence-corrected chi connectivity index (χ2v) is 8.21. The van der Waals surface area contributed by atoms with Gasteiger partial charge in [-0.3, -0.25) is 14.9 Å². The Morgan fingerprint density at radius 3 is 2.81 bits per heavy atom. The maximum atomic E-state index is 13.4. The van der Waals surface area contributed by atoms with Crippen molar-refractivity contribution < 1.29 is 9.59 Å². The topological polar surface area (TPSA) is 75.2 Å². The minimum atomic E-state index is -0.435. The van der Waals surface area contributed by atoms with Crippen molar-refractivity contribution >= 4 is 28.3 Å². The summed E-state index contributed by atoms with van der Waals surface area (Å²) in [5.41, 5.74) is 2.67. The molecule has 0 radical (unpaired) electrons. The summed E-state index contributed by atoms with van der Waals surface area (Å²) in [6.45, 7) is 2.83. The summed E-state index contributed by atoms with van der Waals surface area (Å²) in [6, 6.07) is 7.58. The molecule has 0 unspecified atom stereocenters. The van der Waals surface area contributed by atoms with E-state index in [0.29, 0.717) is 17.2 Å². The van der Waals surface area contributed by atoms with Gasteiger partial charge in [0, 0.05) is 12.1 Å². The van der Waals surface area contributed by atoms with Crippen molar-refractivity contribution in [3.63, 3.8) is 0 Å². The van der Waals surface area contributed by atoms with Crippen LogP contribution in [0.5, 0.6) is 0 Å². The zero-order chi connectivity index (χ0) is 18.9. The highest BCUT2D eigenvalue weighted by Crippen LogP contribution is 2.50. The predicted molar refractivity (Wildman–Crippen MR) is 105 cm³/mol. The van der Waals surface area contributed by atoms with Gasteiger partial charge >= 0.3 is 0 Å². The maximum Gasteiger partial charge on any atom is 0.254 e. The number of amides is 2. The lowest BCUT2D eigenvalue weighted by atomic mass is 9.71. The van der Waals surface area contributed by atoms with Crippen LogP contribution < -0.4 is 5.32 Å². The van der Waals surface area contributed by atoms with Gasteiger partial charge < -0.3 is 4.90 Å². The molecular weight excluding hydrogens is 360 g/mol. The van der Waals surface area contributed by atoms with E-state index >= 15 is 0 Å². The molecule has 0 bridgehead atoms. The third-order valence-corrected chi connectivity index (χ3v) is 6.49. The number of anilines is 1. The fourth-order valence-corrected chi connectivity index (χ4v) is 5.16. The van der Waals surface area contributed by atoms with E-state index in [1.807, 2.05) is 29.2 Å². The van der Waals surface area contributed by atoms with Crippen LogP contribution in [0.1, 0.15) is 67.3 Å². The smallest absolute Gasteiger partial charge is 0.254 e. The molecule has 2 aromatic rings. The van der Waals surface area contributed by atoms with Crippen molar-refractivity contribution in [2.24, 2.45) is 0 Å². The fourth-order valence-electron chi connectivity index (χ4n) is 4.71. The van der Waals surface area contributed by atoms with Crippen LogP contribution >= 0.6 is 11.3 Å². The Hall–Kier alpha value is -2.28. The highest BCUT2D eigenvalue weighted by atomic mass is 32.1. The molecule has 4 rings (SSSR count). The van der Waals surface area contributed by atoms with Gasteiger partial charge in [0.15, 0.2) is 0 Å². The molecule has 142 valence electrons. The molecule has 1 N–H and O–H groups in total. The lowest BCUT2D eigenvalue weighted by Gasteiger charge is -2.50. The molecule has 0 saturated heterocycles. The molecule has 7 heteroatoms. The van der Waals surface area contributed by atoms with Gasteiger partial charge in [-0.1, -0.05) is 55.7 Å². The Kier molecular flexibility index (Phi) is 4.95. The number of benzene rings is 1. The average molecular weight is 385 g/mol. The molecule has 6 nitrogen and oxygen atoms in total. The van der Waals surface area contributed by atoms with E-state index in [9.17, 15) is 9.59 Å². The molecular formula is C20H24N4O2S. The van der Waals surface area contributed by atoms with Gasteiger partial charge in [0.2, 0.25) is 11.0 Å². The van der Waals surface area contributed by atoms with Crippen LogP contribution in [0.4, 0.5) is 5.13 Å². The summed E-state index contributed by atoms with van der Waals surface area (Å²) >= 11 is 1.31. The average Bonchev–Trinajstić information content (AvgIpc) is 3.35. The Bertz CT molecular complexity index is 830. The Morgan fingerprint density at radius 2 is 2.11 bits per heavy atom. The normalized spacial score (nSPS) is 20.7.